The molecule has 2 aromatic heterocycles. The average Bonchev–Trinajstić information content (AvgIpc) is 2.63. The first kappa shape index (κ1) is 14.0. The van der Waals surface area contributed by atoms with E-state index in [4.69, 9.17) is 23.2 Å². The highest BCUT2D eigenvalue weighted by molar-refractivity contribution is 9.11. The standard InChI is InChI=1S/C8H4BrCl2N3O2S2/c9-8-4(10)3-7(17-8)18(15,16)14-6-2-1-5(11)12-13-6/h1-3H,(H,13,14). The summed E-state index contributed by atoms with van der Waals surface area (Å²) < 4.78 is 26.8. The van der Waals surface area contributed by atoms with Gasteiger partial charge in [-0.3, -0.25) is 4.72 Å². The van der Waals surface area contributed by atoms with Gasteiger partial charge in [-0.1, -0.05) is 23.2 Å². The Kier molecular flexibility index (Phi) is 4.12. The number of nitrogens with zero attached hydrogens (tertiary/aromatic N) is 2. The molecule has 0 bridgehead atoms. The van der Waals surface area contributed by atoms with Crippen LogP contribution in [0.5, 0.6) is 0 Å². The van der Waals surface area contributed by atoms with Crippen molar-refractivity contribution in [3.05, 3.63) is 32.2 Å². The molecule has 10 heteroatoms. The van der Waals surface area contributed by atoms with Gasteiger partial charge in [0.1, 0.15) is 4.21 Å². The minimum atomic E-state index is -3.72. The van der Waals surface area contributed by atoms with Crippen molar-refractivity contribution in [3.8, 4) is 0 Å². The predicted molar refractivity (Wildman–Crippen MR) is 74.9 cm³/mol. The van der Waals surface area contributed by atoms with Gasteiger partial charge in [-0.05, 0) is 34.1 Å². The van der Waals surface area contributed by atoms with Crippen molar-refractivity contribution in [1.29, 1.82) is 0 Å². The molecule has 0 amide bonds. The van der Waals surface area contributed by atoms with Gasteiger partial charge in [0.05, 0.1) is 8.81 Å². The second-order valence-corrected chi connectivity index (χ2v) is 8.11. The lowest BCUT2D eigenvalue weighted by Crippen LogP contribution is -2.12. The Morgan fingerprint density at radius 3 is 2.50 bits per heavy atom. The Morgan fingerprint density at radius 2 is 2.00 bits per heavy atom. The van der Waals surface area contributed by atoms with E-state index in [2.05, 4.69) is 30.8 Å². The minimum absolute atomic E-state index is 0.0797. The van der Waals surface area contributed by atoms with Gasteiger partial charge in [0, 0.05) is 0 Å². The summed E-state index contributed by atoms with van der Waals surface area (Å²) in [6.07, 6.45) is 0. The fourth-order valence-electron chi connectivity index (χ4n) is 1.02. The predicted octanol–water partition coefficient (Wildman–Crippen LogP) is 3.41. The molecule has 0 aliphatic heterocycles. The molecule has 2 aromatic rings. The van der Waals surface area contributed by atoms with Crippen LogP contribution in [0.2, 0.25) is 10.2 Å². The Labute approximate surface area is 125 Å². The lowest BCUT2D eigenvalue weighted by molar-refractivity contribution is 0.603. The Hall–Kier alpha value is -0.410. The number of nitrogens with one attached hydrogen (secondary N) is 1. The van der Waals surface area contributed by atoms with E-state index in [1.54, 1.807) is 0 Å². The number of thiophene rings is 1. The molecule has 1 N–H and O–H groups in total. The first-order chi connectivity index (χ1) is 8.38. The summed E-state index contributed by atoms with van der Waals surface area (Å²) in [4.78, 5) is 0. The largest absolute Gasteiger partial charge is 0.272 e. The van der Waals surface area contributed by atoms with Crippen molar-refractivity contribution in [1.82, 2.24) is 10.2 Å². The van der Waals surface area contributed by atoms with Crippen LogP contribution >= 0.6 is 50.5 Å². The third-order valence-corrected chi connectivity index (χ3v) is 6.26. The molecule has 0 saturated heterocycles. The summed E-state index contributed by atoms with van der Waals surface area (Å²) in [5.74, 6) is 0.0834. The normalized spacial score (nSPS) is 11.5. The van der Waals surface area contributed by atoms with Gasteiger partial charge < -0.3 is 0 Å². The smallest absolute Gasteiger partial charge is 0.261 e. The molecule has 0 aromatic carbocycles. The molecule has 5 nitrogen and oxygen atoms in total. The quantitative estimate of drug-likeness (QED) is 0.874. The third-order valence-electron chi connectivity index (χ3n) is 1.76. The van der Waals surface area contributed by atoms with Crippen LogP contribution in [-0.4, -0.2) is 18.6 Å². The van der Waals surface area contributed by atoms with Crippen molar-refractivity contribution < 1.29 is 8.42 Å². The Morgan fingerprint density at radius 1 is 1.28 bits per heavy atom. The van der Waals surface area contributed by atoms with Crippen LogP contribution < -0.4 is 4.72 Å². The van der Waals surface area contributed by atoms with Gasteiger partial charge in [-0.25, -0.2) is 8.42 Å². The van der Waals surface area contributed by atoms with Crippen LogP contribution in [0.3, 0.4) is 0 Å². The van der Waals surface area contributed by atoms with Crippen molar-refractivity contribution in [3.63, 3.8) is 0 Å². The Bertz CT molecular complexity index is 653. The maximum absolute atomic E-state index is 12.0. The summed E-state index contributed by atoms with van der Waals surface area (Å²) >= 11 is 15.5. The highest BCUT2D eigenvalue weighted by Crippen LogP contribution is 2.35. The molecule has 0 unspecified atom stereocenters. The molecule has 0 fully saturated rings. The van der Waals surface area contributed by atoms with E-state index in [0.29, 0.717) is 8.81 Å². The first-order valence-electron chi connectivity index (χ1n) is 4.35. The maximum atomic E-state index is 12.0. The maximum Gasteiger partial charge on any atom is 0.272 e. The van der Waals surface area contributed by atoms with E-state index in [-0.39, 0.29) is 15.2 Å². The number of rotatable bonds is 3. The van der Waals surface area contributed by atoms with Gasteiger partial charge in [-0.2, -0.15) is 0 Å². The zero-order valence-electron chi connectivity index (χ0n) is 8.39. The van der Waals surface area contributed by atoms with Gasteiger partial charge in [0.25, 0.3) is 10.0 Å². The van der Waals surface area contributed by atoms with Crippen LogP contribution in [0.4, 0.5) is 5.82 Å². The second kappa shape index (κ2) is 5.30. The van der Waals surface area contributed by atoms with E-state index in [1.165, 1.54) is 18.2 Å². The van der Waals surface area contributed by atoms with Crippen LogP contribution in [0, 0.1) is 0 Å². The molecule has 2 heterocycles. The summed E-state index contributed by atoms with van der Waals surface area (Å²) in [6, 6.07) is 4.20. The van der Waals surface area contributed by atoms with Crippen LogP contribution in [0.15, 0.2) is 26.2 Å². The SMILES string of the molecule is O=S(=O)(Nc1ccc(Cl)nn1)c1cc(Cl)c(Br)s1. The fourth-order valence-corrected chi connectivity index (χ4v) is 4.51. The number of aromatic nitrogens is 2. The van der Waals surface area contributed by atoms with Crippen molar-refractivity contribution in [2.75, 3.05) is 4.72 Å². The lowest BCUT2D eigenvalue weighted by Gasteiger charge is -2.03. The number of anilines is 1. The van der Waals surface area contributed by atoms with E-state index in [0.717, 1.165) is 11.3 Å². The molecule has 0 radical (unpaired) electrons. The lowest BCUT2D eigenvalue weighted by atomic mass is 10.5. The van der Waals surface area contributed by atoms with Gasteiger partial charge >= 0.3 is 0 Å². The van der Waals surface area contributed by atoms with Crippen LogP contribution in [0.1, 0.15) is 0 Å². The van der Waals surface area contributed by atoms with Crippen LogP contribution in [0.25, 0.3) is 0 Å². The molecule has 18 heavy (non-hydrogen) atoms. The van der Waals surface area contributed by atoms with Gasteiger partial charge in [0.15, 0.2) is 11.0 Å². The molecule has 0 saturated carbocycles. The fraction of sp³-hybridized carbons (Fsp3) is 0. The average molecular weight is 389 g/mol. The molecular formula is C8H4BrCl2N3O2S2. The van der Waals surface area contributed by atoms with E-state index < -0.39 is 10.0 Å². The number of sulfonamides is 1. The zero-order valence-corrected chi connectivity index (χ0v) is 13.1. The first-order valence-corrected chi connectivity index (χ1v) is 8.20. The van der Waals surface area contributed by atoms with E-state index in [1.807, 2.05) is 0 Å². The summed E-state index contributed by atoms with van der Waals surface area (Å²) in [7, 11) is -3.72. The van der Waals surface area contributed by atoms with Gasteiger partial charge in [0.2, 0.25) is 0 Å². The Balaban J connectivity index is 2.29. The van der Waals surface area contributed by atoms with E-state index in [9.17, 15) is 8.42 Å². The second-order valence-electron chi connectivity index (χ2n) is 3.03. The van der Waals surface area contributed by atoms with Gasteiger partial charge in [-0.15, -0.1) is 21.5 Å². The molecule has 0 aliphatic carbocycles. The molecule has 2 rings (SSSR count). The summed E-state index contributed by atoms with van der Waals surface area (Å²) in [5, 5.41) is 7.66. The topological polar surface area (TPSA) is 72.0 Å². The zero-order chi connectivity index (χ0) is 13.3. The number of halogens is 3. The monoisotopic (exact) mass is 387 g/mol. The van der Waals surface area contributed by atoms with Crippen molar-refractivity contribution in [2.24, 2.45) is 0 Å². The molecule has 0 spiro atoms. The number of hydrogen-bond donors (Lipinski definition) is 1. The summed E-state index contributed by atoms with van der Waals surface area (Å²) in [5.41, 5.74) is 0. The third kappa shape index (κ3) is 3.12. The molecule has 0 atom stereocenters. The van der Waals surface area contributed by atoms with Crippen molar-refractivity contribution in [2.45, 2.75) is 4.21 Å². The minimum Gasteiger partial charge on any atom is -0.261 e. The highest BCUT2D eigenvalue weighted by atomic mass is 79.9. The molecule has 96 valence electrons. The van der Waals surface area contributed by atoms with Crippen LogP contribution in [-0.2, 0) is 10.0 Å². The molecular weight excluding hydrogens is 385 g/mol. The molecule has 0 aliphatic rings. The summed E-state index contributed by atoms with van der Waals surface area (Å²) in [6.45, 7) is 0. The highest BCUT2D eigenvalue weighted by Gasteiger charge is 2.19. The van der Waals surface area contributed by atoms with Crippen molar-refractivity contribution >= 4 is 66.3 Å². The number of hydrogen-bond acceptors (Lipinski definition) is 5. The van der Waals surface area contributed by atoms with E-state index >= 15 is 0 Å².